The number of benzene rings is 3. The van der Waals surface area contributed by atoms with E-state index in [-0.39, 0.29) is 17.0 Å². The largest absolute Gasteiger partial charge is 0.489 e. The molecule has 4 rings (SSSR count). The fourth-order valence-corrected chi connectivity index (χ4v) is 4.46. The van der Waals surface area contributed by atoms with E-state index < -0.39 is 4.92 Å². The average Bonchev–Trinajstić information content (AvgIpc) is 3.15. The van der Waals surface area contributed by atoms with Gasteiger partial charge in [-0.05, 0) is 59.7 Å². The van der Waals surface area contributed by atoms with E-state index in [0.29, 0.717) is 23.1 Å². The minimum Gasteiger partial charge on any atom is -0.489 e. The summed E-state index contributed by atoms with van der Waals surface area (Å²) < 4.78 is 5.78. The van der Waals surface area contributed by atoms with E-state index in [1.807, 2.05) is 36.4 Å². The van der Waals surface area contributed by atoms with Crippen LogP contribution in [0.15, 0.2) is 72.8 Å². The predicted molar refractivity (Wildman–Crippen MR) is 118 cm³/mol. The van der Waals surface area contributed by atoms with Gasteiger partial charge in [-0.1, -0.05) is 23.7 Å². The number of halogens is 1. The molecule has 30 heavy (non-hydrogen) atoms. The van der Waals surface area contributed by atoms with Gasteiger partial charge in [-0.2, -0.15) is 0 Å². The molecule has 3 aromatic carbocycles. The zero-order chi connectivity index (χ0) is 21.1. The van der Waals surface area contributed by atoms with Crippen LogP contribution in [-0.4, -0.2) is 16.6 Å². The molecule has 1 aliphatic rings. The Morgan fingerprint density at radius 1 is 1.03 bits per heavy atom. The predicted octanol–water partition coefficient (Wildman–Crippen LogP) is 5.61. The lowest BCUT2D eigenvalue weighted by molar-refractivity contribution is -0.384. The topological polar surface area (TPSA) is 72.7 Å². The molecule has 0 N–H and O–H groups in total. The molecule has 0 bridgehead atoms. The van der Waals surface area contributed by atoms with Gasteiger partial charge in [0.1, 0.15) is 17.7 Å². The molecule has 0 unspecified atom stereocenters. The van der Waals surface area contributed by atoms with Gasteiger partial charge in [-0.15, -0.1) is 11.8 Å². The summed E-state index contributed by atoms with van der Waals surface area (Å²) in [7, 11) is 0. The van der Waals surface area contributed by atoms with Gasteiger partial charge in [0, 0.05) is 22.8 Å². The smallest absolute Gasteiger partial charge is 0.269 e. The van der Waals surface area contributed by atoms with Gasteiger partial charge in [-0.3, -0.25) is 19.8 Å². The molecule has 0 aromatic heterocycles. The van der Waals surface area contributed by atoms with E-state index in [1.54, 1.807) is 40.9 Å². The number of rotatable bonds is 6. The van der Waals surface area contributed by atoms with Crippen molar-refractivity contribution in [1.29, 1.82) is 0 Å². The second-order valence-electron chi connectivity index (χ2n) is 6.68. The lowest BCUT2D eigenvalue weighted by atomic mass is 10.1. The lowest BCUT2D eigenvalue weighted by Crippen LogP contribution is -2.27. The Kier molecular flexibility index (Phi) is 5.92. The number of carbonyl (C=O) groups is 1. The summed E-state index contributed by atoms with van der Waals surface area (Å²) in [6, 6.07) is 21.2. The zero-order valence-electron chi connectivity index (χ0n) is 15.7. The highest BCUT2D eigenvalue weighted by Crippen LogP contribution is 2.42. The van der Waals surface area contributed by atoms with Crippen LogP contribution in [0.1, 0.15) is 16.5 Å². The molecular weight excluding hydrogens is 424 g/mol. The highest BCUT2D eigenvalue weighted by molar-refractivity contribution is 8.00. The first-order chi connectivity index (χ1) is 14.5. The number of amides is 1. The minimum atomic E-state index is -0.428. The van der Waals surface area contributed by atoms with Crippen LogP contribution in [0, 0.1) is 10.1 Å². The van der Waals surface area contributed by atoms with Gasteiger partial charge in [-0.25, -0.2) is 0 Å². The molecule has 1 fully saturated rings. The van der Waals surface area contributed by atoms with Crippen LogP contribution in [0.4, 0.5) is 11.4 Å². The number of ether oxygens (including phenoxy) is 1. The minimum absolute atomic E-state index is 0.0527. The molecule has 1 aliphatic heterocycles. The standard InChI is InChI=1S/C22H17ClN2O4S/c23-17-5-9-18(10-6-17)24-21(26)14-30-22(24)16-3-11-20(12-4-16)29-13-15-1-7-19(8-2-15)25(27)28/h1-12,22H,13-14H2/t22-/m0/s1. The van der Waals surface area contributed by atoms with Crippen molar-refractivity contribution >= 4 is 40.6 Å². The molecule has 0 saturated carbocycles. The van der Waals surface area contributed by atoms with Crippen molar-refractivity contribution in [1.82, 2.24) is 0 Å². The summed E-state index contributed by atoms with van der Waals surface area (Å²) in [5.41, 5.74) is 2.72. The summed E-state index contributed by atoms with van der Waals surface area (Å²) in [4.78, 5) is 24.5. The van der Waals surface area contributed by atoms with Crippen LogP contribution in [0.3, 0.4) is 0 Å². The second kappa shape index (κ2) is 8.77. The van der Waals surface area contributed by atoms with Crippen molar-refractivity contribution < 1.29 is 14.5 Å². The van der Waals surface area contributed by atoms with Crippen LogP contribution in [0.5, 0.6) is 5.75 Å². The monoisotopic (exact) mass is 440 g/mol. The van der Waals surface area contributed by atoms with E-state index in [0.717, 1.165) is 16.8 Å². The Hall–Kier alpha value is -3.03. The molecular formula is C22H17ClN2O4S. The molecule has 3 aromatic rings. The number of hydrogen-bond acceptors (Lipinski definition) is 5. The number of carbonyl (C=O) groups excluding carboxylic acids is 1. The quantitative estimate of drug-likeness (QED) is 0.368. The van der Waals surface area contributed by atoms with Gasteiger partial charge in [0.2, 0.25) is 5.91 Å². The maximum atomic E-state index is 12.4. The molecule has 0 spiro atoms. The van der Waals surface area contributed by atoms with E-state index in [9.17, 15) is 14.9 Å². The highest BCUT2D eigenvalue weighted by atomic mass is 35.5. The molecule has 1 saturated heterocycles. The molecule has 0 radical (unpaired) electrons. The molecule has 6 nitrogen and oxygen atoms in total. The lowest BCUT2D eigenvalue weighted by Gasteiger charge is -2.24. The summed E-state index contributed by atoms with van der Waals surface area (Å²) in [5, 5.41) is 11.2. The third-order valence-corrected chi connectivity index (χ3v) is 6.15. The van der Waals surface area contributed by atoms with E-state index >= 15 is 0 Å². The maximum Gasteiger partial charge on any atom is 0.269 e. The number of thioether (sulfide) groups is 1. The Bertz CT molecular complexity index is 1060. The molecule has 0 aliphatic carbocycles. The maximum absolute atomic E-state index is 12.4. The van der Waals surface area contributed by atoms with Crippen molar-refractivity contribution in [3.8, 4) is 5.75 Å². The van der Waals surface area contributed by atoms with E-state index in [1.165, 1.54) is 12.1 Å². The van der Waals surface area contributed by atoms with Gasteiger partial charge >= 0.3 is 0 Å². The van der Waals surface area contributed by atoms with Crippen LogP contribution in [0.25, 0.3) is 0 Å². The summed E-state index contributed by atoms with van der Waals surface area (Å²) in [6.07, 6.45) is 0. The fraction of sp³-hybridized carbons (Fsp3) is 0.136. The second-order valence-corrected chi connectivity index (χ2v) is 8.19. The number of non-ortho nitro benzene ring substituents is 1. The Morgan fingerprint density at radius 2 is 1.70 bits per heavy atom. The van der Waals surface area contributed by atoms with E-state index in [2.05, 4.69) is 0 Å². The van der Waals surface area contributed by atoms with Crippen LogP contribution < -0.4 is 9.64 Å². The number of hydrogen-bond donors (Lipinski definition) is 0. The number of nitro groups is 1. The highest BCUT2D eigenvalue weighted by Gasteiger charge is 2.33. The van der Waals surface area contributed by atoms with Gasteiger partial charge < -0.3 is 4.74 Å². The molecule has 1 heterocycles. The molecule has 152 valence electrons. The zero-order valence-corrected chi connectivity index (χ0v) is 17.3. The first-order valence-corrected chi connectivity index (χ1v) is 10.6. The third kappa shape index (κ3) is 4.42. The first-order valence-electron chi connectivity index (χ1n) is 9.16. The van der Waals surface area contributed by atoms with E-state index in [4.69, 9.17) is 16.3 Å². The Balaban J connectivity index is 1.44. The summed E-state index contributed by atoms with van der Waals surface area (Å²) in [5.74, 6) is 1.17. The first kappa shape index (κ1) is 20.3. The van der Waals surface area contributed by atoms with Crippen LogP contribution in [0.2, 0.25) is 5.02 Å². The molecule has 8 heteroatoms. The summed E-state index contributed by atoms with van der Waals surface area (Å²) in [6.45, 7) is 0.310. The van der Waals surface area contributed by atoms with Crippen molar-refractivity contribution in [2.24, 2.45) is 0 Å². The van der Waals surface area contributed by atoms with Gasteiger partial charge in [0.15, 0.2) is 0 Å². The summed E-state index contributed by atoms with van der Waals surface area (Å²) >= 11 is 7.55. The third-order valence-electron chi connectivity index (χ3n) is 4.69. The fourth-order valence-electron chi connectivity index (χ4n) is 3.16. The van der Waals surface area contributed by atoms with Crippen molar-refractivity contribution in [3.05, 3.63) is 99.1 Å². The van der Waals surface area contributed by atoms with Crippen LogP contribution in [-0.2, 0) is 11.4 Å². The Labute approximate surface area is 182 Å². The average molecular weight is 441 g/mol. The van der Waals surface area contributed by atoms with Crippen molar-refractivity contribution in [2.45, 2.75) is 12.0 Å². The SMILES string of the molecule is O=C1CS[C@@H](c2ccc(OCc3ccc([N+](=O)[O-])cc3)cc2)N1c1ccc(Cl)cc1. The van der Waals surface area contributed by atoms with Gasteiger partial charge in [0.25, 0.3) is 5.69 Å². The number of anilines is 1. The van der Waals surface area contributed by atoms with Crippen molar-refractivity contribution in [3.63, 3.8) is 0 Å². The van der Waals surface area contributed by atoms with Crippen LogP contribution >= 0.6 is 23.4 Å². The Morgan fingerprint density at radius 3 is 2.33 bits per heavy atom. The van der Waals surface area contributed by atoms with Crippen molar-refractivity contribution in [2.75, 3.05) is 10.7 Å². The van der Waals surface area contributed by atoms with Gasteiger partial charge in [0.05, 0.1) is 10.7 Å². The number of nitrogens with zero attached hydrogens (tertiary/aromatic N) is 2. The molecule has 1 amide bonds. The molecule has 1 atom stereocenters. The number of nitro benzene ring substituents is 1. The normalized spacial score (nSPS) is 16.0.